The molecule has 0 saturated heterocycles. The third kappa shape index (κ3) is 2.91. The Morgan fingerprint density at radius 1 is 1.69 bits per heavy atom. The van der Waals surface area contributed by atoms with Gasteiger partial charge in [-0.25, -0.2) is 4.79 Å². The zero-order valence-electron chi connectivity index (χ0n) is 7.19. The summed E-state index contributed by atoms with van der Waals surface area (Å²) in [6, 6.07) is 1.54. The minimum atomic E-state index is -0.405. The monoisotopic (exact) mass is 202 g/mol. The van der Waals surface area contributed by atoms with Crippen LogP contribution in [0.4, 0.5) is 5.69 Å². The van der Waals surface area contributed by atoms with Crippen LogP contribution < -0.4 is 5.73 Å². The van der Waals surface area contributed by atoms with Crippen LogP contribution in [0.3, 0.4) is 0 Å². The normalized spacial score (nSPS) is 8.69. The molecule has 0 spiro atoms. The highest BCUT2D eigenvalue weighted by Gasteiger charge is 2.08. The SMILES string of the molecule is CCOC(=O)c1ccncc1N.Cl. The van der Waals surface area contributed by atoms with Gasteiger partial charge >= 0.3 is 5.97 Å². The number of nitrogen functional groups attached to an aromatic ring is 1. The van der Waals surface area contributed by atoms with E-state index in [2.05, 4.69) is 4.98 Å². The number of carbonyl (C=O) groups is 1. The van der Waals surface area contributed by atoms with Crippen molar-refractivity contribution in [2.45, 2.75) is 6.92 Å². The lowest BCUT2D eigenvalue weighted by Gasteiger charge is -2.02. The Bertz CT molecular complexity index is 291. The fourth-order valence-corrected chi connectivity index (χ4v) is 0.801. The maximum Gasteiger partial charge on any atom is 0.340 e. The maximum atomic E-state index is 11.1. The molecule has 5 heteroatoms. The van der Waals surface area contributed by atoms with E-state index in [1.165, 1.54) is 18.5 Å². The van der Waals surface area contributed by atoms with Gasteiger partial charge in [-0.05, 0) is 13.0 Å². The molecule has 0 fully saturated rings. The number of hydrogen-bond donors (Lipinski definition) is 1. The van der Waals surface area contributed by atoms with Crippen molar-refractivity contribution in [2.24, 2.45) is 0 Å². The quantitative estimate of drug-likeness (QED) is 0.734. The first kappa shape index (κ1) is 11.7. The zero-order chi connectivity index (χ0) is 8.97. The summed E-state index contributed by atoms with van der Waals surface area (Å²) in [5.41, 5.74) is 6.20. The standard InChI is InChI=1S/C8H10N2O2.ClH/c1-2-12-8(11)6-3-4-10-5-7(6)9;/h3-5H,2,9H2,1H3;1H. The van der Waals surface area contributed by atoms with E-state index in [4.69, 9.17) is 10.5 Å². The van der Waals surface area contributed by atoms with E-state index in [9.17, 15) is 4.79 Å². The summed E-state index contributed by atoms with van der Waals surface area (Å²) >= 11 is 0. The van der Waals surface area contributed by atoms with Crippen molar-refractivity contribution in [3.05, 3.63) is 24.0 Å². The second-order valence-corrected chi connectivity index (χ2v) is 2.18. The molecule has 1 aromatic heterocycles. The Labute approximate surface area is 82.5 Å². The molecular formula is C8H11ClN2O2. The van der Waals surface area contributed by atoms with E-state index in [0.717, 1.165) is 0 Å². The van der Waals surface area contributed by atoms with E-state index in [1.54, 1.807) is 6.92 Å². The van der Waals surface area contributed by atoms with Gasteiger partial charge in [0.25, 0.3) is 0 Å². The van der Waals surface area contributed by atoms with Crippen molar-refractivity contribution in [1.82, 2.24) is 4.98 Å². The Kier molecular flexibility index (Phi) is 4.84. The lowest BCUT2D eigenvalue weighted by Crippen LogP contribution is -2.07. The molecule has 2 N–H and O–H groups in total. The first-order chi connectivity index (χ1) is 5.75. The fourth-order valence-electron chi connectivity index (χ4n) is 0.801. The predicted octanol–water partition coefficient (Wildman–Crippen LogP) is 1.26. The van der Waals surface area contributed by atoms with Crippen molar-refractivity contribution < 1.29 is 9.53 Å². The van der Waals surface area contributed by atoms with Crippen LogP contribution in [0.15, 0.2) is 18.5 Å². The second-order valence-electron chi connectivity index (χ2n) is 2.18. The average Bonchev–Trinajstić information content (AvgIpc) is 2.05. The summed E-state index contributed by atoms with van der Waals surface area (Å²) in [7, 11) is 0. The number of halogens is 1. The topological polar surface area (TPSA) is 65.2 Å². The van der Waals surface area contributed by atoms with Crippen LogP contribution in [-0.4, -0.2) is 17.6 Å². The van der Waals surface area contributed by atoms with Gasteiger partial charge in [0.05, 0.1) is 24.1 Å². The minimum Gasteiger partial charge on any atom is -0.462 e. The van der Waals surface area contributed by atoms with E-state index in [-0.39, 0.29) is 12.4 Å². The number of rotatable bonds is 2. The van der Waals surface area contributed by atoms with Crippen LogP contribution in [0.2, 0.25) is 0 Å². The lowest BCUT2D eigenvalue weighted by atomic mass is 10.2. The van der Waals surface area contributed by atoms with Crippen molar-refractivity contribution in [3.63, 3.8) is 0 Å². The molecule has 0 aliphatic carbocycles. The van der Waals surface area contributed by atoms with Crippen molar-refractivity contribution >= 4 is 24.1 Å². The number of hydrogen-bond acceptors (Lipinski definition) is 4. The molecular weight excluding hydrogens is 192 g/mol. The van der Waals surface area contributed by atoms with Gasteiger partial charge in [-0.3, -0.25) is 4.98 Å². The van der Waals surface area contributed by atoms with Crippen LogP contribution >= 0.6 is 12.4 Å². The Morgan fingerprint density at radius 3 is 2.92 bits per heavy atom. The Hall–Kier alpha value is -1.29. The molecule has 0 radical (unpaired) electrons. The molecule has 1 aromatic rings. The molecule has 0 aliphatic heterocycles. The average molecular weight is 203 g/mol. The number of carbonyl (C=O) groups excluding carboxylic acids is 1. The molecule has 0 atom stereocenters. The zero-order valence-corrected chi connectivity index (χ0v) is 8.00. The summed E-state index contributed by atoms with van der Waals surface area (Å²) in [4.78, 5) is 14.9. The van der Waals surface area contributed by atoms with Gasteiger partial charge in [-0.15, -0.1) is 12.4 Å². The number of esters is 1. The van der Waals surface area contributed by atoms with Gasteiger partial charge in [0.2, 0.25) is 0 Å². The first-order valence-electron chi connectivity index (χ1n) is 3.62. The molecule has 0 aromatic carbocycles. The summed E-state index contributed by atoms with van der Waals surface area (Å²) in [6.07, 6.45) is 2.93. The van der Waals surface area contributed by atoms with Crippen molar-refractivity contribution in [3.8, 4) is 0 Å². The van der Waals surface area contributed by atoms with Gasteiger partial charge in [0.15, 0.2) is 0 Å². The van der Waals surface area contributed by atoms with Crippen LogP contribution in [0.1, 0.15) is 17.3 Å². The number of nitrogens with two attached hydrogens (primary N) is 1. The highest BCUT2D eigenvalue weighted by Crippen LogP contribution is 2.09. The highest BCUT2D eigenvalue weighted by atomic mass is 35.5. The summed E-state index contributed by atoms with van der Waals surface area (Å²) in [5, 5.41) is 0. The number of anilines is 1. The van der Waals surface area contributed by atoms with Gasteiger partial charge in [0, 0.05) is 6.20 Å². The lowest BCUT2D eigenvalue weighted by molar-refractivity contribution is 0.0527. The van der Waals surface area contributed by atoms with E-state index < -0.39 is 5.97 Å². The number of pyridine rings is 1. The molecule has 4 nitrogen and oxygen atoms in total. The van der Waals surface area contributed by atoms with Crippen molar-refractivity contribution in [2.75, 3.05) is 12.3 Å². The number of ether oxygens (including phenoxy) is 1. The van der Waals surface area contributed by atoms with Gasteiger partial charge < -0.3 is 10.5 Å². The Morgan fingerprint density at radius 2 is 2.38 bits per heavy atom. The Balaban J connectivity index is 0.00000144. The molecule has 0 aliphatic rings. The summed E-state index contributed by atoms with van der Waals surface area (Å²) in [6.45, 7) is 2.09. The van der Waals surface area contributed by atoms with E-state index in [1.807, 2.05) is 0 Å². The smallest absolute Gasteiger partial charge is 0.340 e. The first-order valence-corrected chi connectivity index (χ1v) is 3.62. The molecule has 1 heterocycles. The maximum absolute atomic E-state index is 11.1. The van der Waals surface area contributed by atoms with Crippen LogP contribution in [0.5, 0.6) is 0 Å². The molecule has 0 bridgehead atoms. The number of aromatic nitrogens is 1. The van der Waals surface area contributed by atoms with Gasteiger partial charge in [-0.1, -0.05) is 0 Å². The molecule has 72 valence electrons. The predicted molar refractivity (Wildman–Crippen MR) is 51.9 cm³/mol. The minimum absolute atomic E-state index is 0. The molecule has 13 heavy (non-hydrogen) atoms. The van der Waals surface area contributed by atoms with Crippen molar-refractivity contribution in [1.29, 1.82) is 0 Å². The molecule has 0 amide bonds. The van der Waals surface area contributed by atoms with Gasteiger partial charge in [-0.2, -0.15) is 0 Å². The van der Waals surface area contributed by atoms with E-state index >= 15 is 0 Å². The van der Waals surface area contributed by atoms with Crippen LogP contribution in [0, 0.1) is 0 Å². The summed E-state index contributed by atoms with van der Waals surface area (Å²) < 4.78 is 4.76. The van der Waals surface area contributed by atoms with E-state index in [0.29, 0.717) is 17.9 Å². The second kappa shape index (κ2) is 5.37. The highest BCUT2D eigenvalue weighted by molar-refractivity contribution is 5.94. The fraction of sp³-hybridized carbons (Fsp3) is 0.250. The third-order valence-corrected chi connectivity index (χ3v) is 1.35. The molecule has 0 saturated carbocycles. The largest absolute Gasteiger partial charge is 0.462 e. The third-order valence-electron chi connectivity index (χ3n) is 1.35. The number of nitrogens with zero attached hydrogens (tertiary/aromatic N) is 1. The molecule has 1 rings (SSSR count). The van der Waals surface area contributed by atoms with Gasteiger partial charge in [0.1, 0.15) is 0 Å². The summed E-state index contributed by atoms with van der Waals surface area (Å²) in [5.74, 6) is -0.405. The molecule has 0 unspecified atom stereocenters. The van der Waals surface area contributed by atoms with Crippen LogP contribution in [-0.2, 0) is 4.74 Å². The van der Waals surface area contributed by atoms with Crippen LogP contribution in [0.25, 0.3) is 0 Å².